The lowest BCUT2D eigenvalue weighted by Crippen LogP contribution is -2.24. The SMILES string of the molecule is CNC(=O)c1cccc(NCC(OC)OC)c1C. The quantitative estimate of drug-likeness (QED) is 0.751. The van der Waals surface area contributed by atoms with Crippen LogP contribution in [0.15, 0.2) is 18.2 Å². The Labute approximate surface area is 107 Å². The smallest absolute Gasteiger partial charge is 0.251 e. The number of hydrogen-bond donors (Lipinski definition) is 2. The zero-order chi connectivity index (χ0) is 13.5. The highest BCUT2D eigenvalue weighted by Crippen LogP contribution is 2.19. The van der Waals surface area contributed by atoms with E-state index >= 15 is 0 Å². The van der Waals surface area contributed by atoms with Gasteiger partial charge >= 0.3 is 0 Å². The third kappa shape index (κ3) is 3.45. The van der Waals surface area contributed by atoms with E-state index in [1.807, 2.05) is 19.1 Å². The van der Waals surface area contributed by atoms with E-state index in [1.165, 1.54) is 0 Å². The van der Waals surface area contributed by atoms with E-state index in [4.69, 9.17) is 9.47 Å². The molecule has 0 aliphatic heterocycles. The minimum absolute atomic E-state index is 0.0915. The fourth-order valence-electron chi connectivity index (χ4n) is 1.66. The van der Waals surface area contributed by atoms with Crippen LogP contribution in [0.4, 0.5) is 5.69 Å². The summed E-state index contributed by atoms with van der Waals surface area (Å²) in [6.07, 6.45) is -0.312. The molecule has 5 nitrogen and oxygen atoms in total. The second-order valence-electron chi connectivity index (χ2n) is 3.84. The van der Waals surface area contributed by atoms with E-state index in [9.17, 15) is 4.79 Å². The average molecular weight is 252 g/mol. The van der Waals surface area contributed by atoms with Crippen LogP contribution >= 0.6 is 0 Å². The Balaban J connectivity index is 2.81. The van der Waals surface area contributed by atoms with E-state index in [1.54, 1.807) is 27.3 Å². The fraction of sp³-hybridized carbons (Fsp3) is 0.462. The molecule has 1 rings (SSSR count). The van der Waals surface area contributed by atoms with Gasteiger partial charge in [-0.25, -0.2) is 0 Å². The number of amides is 1. The molecule has 1 aromatic rings. The van der Waals surface area contributed by atoms with Crippen molar-refractivity contribution in [3.05, 3.63) is 29.3 Å². The van der Waals surface area contributed by atoms with E-state index in [-0.39, 0.29) is 12.2 Å². The Kier molecular flexibility index (Phi) is 5.61. The Morgan fingerprint density at radius 3 is 2.56 bits per heavy atom. The van der Waals surface area contributed by atoms with Crippen LogP contribution in [-0.4, -0.2) is 40.0 Å². The molecular formula is C13H20N2O3. The van der Waals surface area contributed by atoms with Crippen LogP contribution < -0.4 is 10.6 Å². The standard InChI is InChI=1S/C13H20N2O3/c1-9-10(13(16)14-2)6-5-7-11(9)15-8-12(17-3)18-4/h5-7,12,15H,8H2,1-4H3,(H,14,16). The molecule has 0 saturated heterocycles. The van der Waals surface area contributed by atoms with Crippen molar-refractivity contribution in [2.75, 3.05) is 33.1 Å². The lowest BCUT2D eigenvalue weighted by Gasteiger charge is -2.17. The second-order valence-corrected chi connectivity index (χ2v) is 3.84. The maximum absolute atomic E-state index is 11.6. The van der Waals surface area contributed by atoms with Gasteiger partial charge in [0.2, 0.25) is 0 Å². The zero-order valence-electron chi connectivity index (χ0n) is 11.2. The van der Waals surface area contributed by atoms with E-state index in [0.717, 1.165) is 11.3 Å². The van der Waals surface area contributed by atoms with Gasteiger partial charge in [0.15, 0.2) is 6.29 Å². The Morgan fingerprint density at radius 1 is 1.33 bits per heavy atom. The van der Waals surface area contributed by atoms with Crippen LogP contribution in [0.3, 0.4) is 0 Å². The fourth-order valence-corrected chi connectivity index (χ4v) is 1.66. The molecule has 0 heterocycles. The van der Waals surface area contributed by atoms with E-state index < -0.39 is 0 Å². The van der Waals surface area contributed by atoms with Gasteiger partial charge in [-0.15, -0.1) is 0 Å². The van der Waals surface area contributed by atoms with Crippen LogP contribution in [0.25, 0.3) is 0 Å². The van der Waals surface area contributed by atoms with Crippen LogP contribution in [0, 0.1) is 6.92 Å². The predicted molar refractivity (Wildman–Crippen MR) is 70.9 cm³/mol. The molecule has 2 N–H and O–H groups in total. The number of methoxy groups -OCH3 is 2. The van der Waals surface area contributed by atoms with Crippen molar-refractivity contribution in [1.29, 1.82) is 0 Å². The summed E-state index contributed by atoms with van der Waals surface area (Å²) in [5.74, 6) is -0.0915. The lowest BCUT2D eigenvalue weighted by atomic mass is 10.1. The number of anilines is 1. The van der Waals surface area contributed by atoms with Crippen molar-refractivity contribution >= 4 is 11.6 Å². The van der Waals surface area contributed by atoms with Gasteiger partial charge in [-0.1, -0.05) is 6.07 Å². The number of rotatable bonds is 6. The molecule has 0 aromatic heterocycles. The third-order valence-corrected chi connectivity index (χ3v) is 2.79. The molecule has 0 aliphatic rings. The van der Waals surface area contributed by atoms with Gasteiger partial charge < -0.3 is 20.1 Å². The van der Waals surface area contributed by atoms with E-state index in [0.29, 0.717) is 12.1 Å². The Bertz CT molecular complexity index is 403. The van der Waals surface area contributed by atoms with Gasteiger partial charge in [0, 0.05) is 32.5 Å². The third-order valence-electron chi connectivity index (χ3n) is 2.79. The largest absolute Gasteiger partial charge is 0.380 e. The first-order valence-corrected chi connectivity index (χ1v) is 5.75. The van der Waals surface area contributed by atoms with Crippen molar-refractivity contribution in [3.8, 4) is 0 Å². The van der Waals surface area contributed by atoms with Crippen molar-refractivity contribution in [2.24, 2.45) is 0 Å². The van der Waals surface area contributed by atoms with Gasteiger partial charge in [0.25, 0.3) is 5.91 Å². The van der Waals surface area contributed by atoms with Crippen LogP contribution in [-0.2, 0) is 9.47 Å². The summed E-state index contributed by atoms with van der Waals surface area (Å²) in [6, 6.07) is 5.56. The highest BCUT2D eigenvalue weighted by molar-refractivity contribution is 5.96. The van der Waals surface area contributed by atoms with E-state index in [2.05, 4.69) is 10.6 Å². The average Bonchev–Trinajstić information content (AvgIpc) is 2.40. The first-order chi connectivity index (χ1) is 8.63. The molecule has 0 spiro atoms. The molecule has 0 radical (unpaired) electrons. The number of nitrogens with one attached hydrogen (secondary N) is 2. The highest BCUT2D eigenvalue weighted by atomic mass is 16.7. The first-order valence-electron chi connectivity index (χ1n) is 5.75. The molecule has 0 unspecified atom stereocenters. The Hall–Kier alpha value is -1.59. The van der Waals surface area contributed by atoms with Crippen LogP contribution in [0.1, 0.15) is 15.9 Å². The van der Waals surface area contributed by atoms with Crippen molar-refractivity contribution in [3.63, 3.8) is 0 Å². The predicted octanol–water partition coefficient (Wildman–Crippen LogP) is 1.39. The van der Waals surface area contributed by atoms with Gasteiger partial charge in [-0.3, -0.25) is 4.79 Å². The molecule has 0 saturated carbocycles. The van der Waals surface area contributed by atoms with Gasteiger partial charge in [-0.2, -0.15) is 0 Å². The van der Waals surface area contributed by atoms with Crippen LogP contribution in [0.5, 0.6) is 0 Å². The van der Waals surface area contributed by atoms with Crippen LogP contribution in [0.2, 0.25) is 0 Å². The minimum atomic E-state index is -0.312. The molecule has 18 heavy (non-hydrogen) atoms. The second kappa shape index (κ2) is 6.98. The Morgan fingerprint density at radius 2 is 2.00 bits per heavy atom. The van der Waals surface area contributed by atoms with Crippen molar-refractivity contribution < 1.29 is 14.3 Å². The molecule has 0 bridgehead atoms. The van der Waals surface area contributed by atoms with Crippen molar-refractivity contribution in [1.82, 2.24) is 5.32 Å². The summed E-state index contributed by atoms with van der Waals surface area (Å²) in [4.78, 5) is 11.6. The summed E-state index contributed by atoms with van der Waals surface area (Å²) in [7, 11) is 4.79. The number of ether oxygens (including phenoxy) is 2. The maximum atomic E-state index is 11.6. The van der Waals surface area contributed by atoms with Gasteiger partial charge in [0.1, 0.15) is 0 Å². The molecule has 0 aliphatic carbocycles. The maximum Gasteiger partial charge on any atom is 0.251 e. The first kappa shape index (κ1) is 14.5. The number of benzene rings is 1. The normalized spacial score (nSPS) is 10.5. The van der Waals surface area contributed by atoms with Gasteiger partial charge in [0.05, 0.1) is 6.54 Å². The summed E-state index contributed by atoms with van der Waals surface area (Å²) in [5, 5.41) is 5.82. The zero-order valence-corrected chi connectivity index (χ0v) is 11.2. The highest BCUT2D eigenvalue weighted by Gasteiger charge is 2.11. The molecule has 0 atom stereocenters. The number of carbonyl (C=O) groups is 1. The molecule has 5 heteroatoms. The molecule has 1 amide bonds. The van der Waals surface area contributed by atoms with Gasteiger partial charge in [-0.05, 0) is 24.6 Å². The topological polar surface area (TPSA) is 59.6 Å². The summed E-state index contributed by atoms with van der Waals surface area (Å²) in [6.45, 7) is 2.42. The molecule has 0 fully saturated rings. The van der Waals surface area contributed by atoms with Crippen molar-refractivity contribution in [2.45, 2.75) is 13.2 Å². The molecular weight excluding hydrogens is 232 g/mol. The number of carbonyl (C=O) groups excluding carboxylic acids is 1. The monoisotopic (exact) mass is 252 g/mol. The molecule has 1 aromatic carbocycles. The summed E-state index contributed by atoms with van der Waals surface area (Å²) in [5.41, 5.74) is 2.46. The minimum Gasteiger partial charge on any atom is -0.380 e. The number of hydrogen-bond acceptors (Lipinski definition) is 4. The molecule has 100 valence electrons. The lowest BCUT2D eigenvalue weighted by molar-refractivity contribution is -0.0914. The summed E-state index contributed by atoms with van der Waals surface area (Å²) >= 11 is 0. The summed E-state index contributed by atoms with van der Waals surface area (Å²) < 4.78 is 10.2.